The van der Waals surface area contributed by atoms with Gasteiger partial charge in [0.25, 0.3) is 0 Å². The fourth-order valence-electron chi connectivity index (χ4n) is 1.53. The largest absolute Gasteiger partial charge is 0.166 e. The van der Waals surface area contributed by atoms with Gasteiger partial charge in [0.15, 0.2) is 0 Å². The summed E-state index contributed by atoms with van der Waals surface area (Å²) in [7, 11) is 0. The lowest BCUT2D eigenvalue weighted by Crippen LogP contribution is -1.81. The number of fused-ring (bicyclic) bond motifs is 1. The molecule has 15 heavy (non-hydrogen) atoms. The first kappa shape index (κ1) is 10.4. The van der Waals surface area contributed by atoms with E-state index in [2.05, 4.69) is 24.5 Å². The maximum atomic E-state index is 6.15. The number of benzene rings is 2. The lowest BCUT2D eigenvalue weighted by Gasteiger charge is -2.02. The van der Waals surface area contributed by atoms with Crippen LogP contribution in [-0.2, 0) is 0 Å². The van der Waals surface area contributed by atoms with E-state index in [9.17, 15) is 0 Å². The summed E-state index contributed by atoms with van der Waals surface area (Å²) in [5.41, 5.74) is 0.965. The lowest BCUT2D eigenvalue weighted by molar-refractivity contribution is 1.70. The van der Waals surface area contributed by atoms with Crippen molar-refractivity contribution in [2.45, 2.75) is 0 Å². The average molecular weight is 233 g/mol. The van der Waals surface area contributed by atoms with Crippen molar-refractivity contribution >= 4 is 35.0 Å². The van der Waals surface area contributed by atoms with Crippen LogP contribution < -0.4 is 0 Å². The third kappa shape index (κ3) is 2.12. The number of halogens is 1. The molecular formula is C13H9ClS. The molecular weight excluding hydrogens is 224 g/mol. The van der Waals surface area contributed by atoms with Gasteiger partial charge >= 0.3 is 0 Å². The molecule has 0 nitrogen and oxygen atoms in total. The van der Waals surface area contributed by atoms with Gasteiger partial charge in [-0.1, -0.05) is 47.7 Å². The second-order valence-corrected chi connectivity index (χ2v) is 3.83. The highest BCUT2D eigenvalue weighted by molar-refractivity contribution is 7.80. The van der Waals surface area contributed by atoms with Gasteiger partial charge in [0, 0.05) is 16.0 Å². The van der Waals surface area contributed by atoms with Crippen molar-refractivity contribution in [1.82, 2.24) is 0 Å². The second-order valence-electron chi connectivity index (χ2n) is 3.10. The quantitative estimate of drug-likeness (QED) is 0.519. The van der Waals surface area contributed by atoms with Crippen LogP contribution in [0.15, 0.2) is 36.4 Å². The zero-order valence-electron chi connectivity index (χ0n) is 8.00. The fourth-order valence-corrected chi connectivity index (χ4v) is 1.90. The molecule has 2 heteroatoms. The Bertz CT molecular complexity index is 544. The van der Waals surface area contributed by atoms with E-state index < -0.39 is 0 Å². The summed E-state index contributed by atoms with van der Waals surface area (Å²) in [6, 6.07) is 11.9. The molecule has 2 aromatic carbocycles. The van der Waals surface area contributed by atoms with Gasteiger partial charge in [-0.05, 0) is 17.5 Å². The van der Waals surface area contributed by atoms with Crippen molar-refractivity contribution in [3.8, 4) is 11.8 Å². The Kier molecular flexibility index (Phi) is 3.20. The molecule has 0 aliphatic heterocycles. The van der Waals surface area contributed by atoms with Crippen molar-refractivity contribution in [3.63, 3.8) is 0 Å². The number of rotatable bonds is 0. The van der Waals surface area contributed by atoms with E-state index in [4.69, 9.17) is 11.6 Å². The highest BCUT2D eigenvalue weighted by atomic mass is 35.5. The van der Waals surface area contributed by atoms with Crippen LogP contribution >= 0.6 is 24.2 Å². The van der Waals surface area contributed by atoms with Crippen LogP contribution in [0.5, 0.6) is 0 Å². The van der Waals surface area contributed by atoms with E-state index in [0.717, 1.165) is 21.4 Å². The summed E-state index contributed by atoms with van der Waals surface area (Å²) >= 11 is 10.2. The van der Waals surface area contributed by atoms with Gasteiger partial charge in [-0.15, -0.1) is 0 Å². The molecule has 74 valence electrons. The topological polar surface area (TPSA) is 0 Å². The Balaban J connectivity index is 2.74. The van der Waals surface area contributed by atoms with Gasteiger partial charge in [-0.2, -0.15) is 12.6 Å². The SMILES string of the molecule is SCC#Cc1cccc2cccc(Cl)c12. The van der Waals surface area contributed by atoms with E-state index >= 15 is 0 Å². The Hall–Kier alpha value is -1.10. The van der Waals surface area contributed by atoms with Crippen LogP contribution in [-0.4, -0.2) is 5.75 Å². The highest BCUT2D eigenvalue weighted by Gasteiger charge is 2.01. The fraction of sp³-hybridized carbons (Fsp3) is 0.0769. The number of hydrogen-bond acceptors (Lipinski definition) is 1. The van der Waals surface area contributed by atoms with E-state index in [1.807, 2.05) is 36.4 Å². The van der Waals surface area contributed by atoms with E-state index in [1.54, 1.807) is 0 Å². The first-order chi connectivity index (χ1) is 7.33. The van der Waals surface area contributed by atoms with E-state index in [-0.39, 0.29) is 0 Å². The van der Waals surface area contributed by atoms with Gasteiger partial charge in [0.1, 0.15) is 0 Å². The van der Waals surface area contributed by atoms with Gasteiger partial charge < -0.3 is 0 Å². The van der Waals surface area contributed by atoms with Gasteiger partial charge in [-0.25, -0.2) is 0 Å². The highest BCUT2D eigenvalue weighted by Crippen LogP contribution is 2.26. The van der Waals surface area contributed by atoms with E-state index in [1.165, 1.54) is 0 Å². The van der Waals surface area contributed by atoms with Crippen LogP contribution in [0.25, 0.3) is 10.8 Å². The molecule has 0 aromatic heterocycles. The Morgan fingerprint density at radius 2 is 1.87 bits per heavy atom. The molecule has 0 bridgehead atoms. The molecule has 0 atom stereocenters. The maximum Gasteiger partial charge on any atom is 0.0521 e. The molecule has 2 rings (SSSR count). The molecule has 0 spiro atoms. The average Bonchev–Trinajstić information content (AvgIpc) is 2.26. The first-order valence-corrected chi connectivity index (χ1v) is 5.61. The smallest absolute Gasteiger partial charge is 0.0521 e. The monoisotopic (exact) mass is 232 g/mol. The summed E-state index contributed by atoms with van der Waals surface area (Å²) in [6.07, 6.45) is 0. The van der Waals surface area contributed by atoms with Gasteiger partial charge in [0.2, 0.25) is 0 Å². The van der Waals surface area contributed by atoms with Crippen molar-refractivity contribution in [1.29, 1.82) is 0 Å². The maximum absolute atomic E-state index is 6.15. The second kappa shape index (κ2) is 4.61. The van der Waals surface area contributed by atoms with Crippen LogP contribution in [0.1, 0.15) is 5.56 Å². The van der Waals surface area contributed by atoms with Gasteiger partial charge in [0.05, 0.1) is 5.75 Å². The summed E-state index contributed by atoms with van der Waals surface area (Å²) in [4.78, 5) is 0. The molecule has 0 aliphatic carbocycles. The third-order valence-corrected chi connectivity index (χ3v) is 2.63. The Morgan fingerprint density at radius 1 is 1.13 bits per heavy atom. The predicted octanol–water partition coefficient (Wildman–Crippen LogP) is 3.77. The predicted molar refractivity (Wildman–Crippen MR) is 69.7 cm³/mol. The molecule has 2 aromatic rings. The molecule has 0 unspecified atom stereocenters. The molecule has 0 N–H and O–H groups in total. The number of thiol groups is 1. The molecule has 0 heterocycles. The molecule has 0 radical (unpaired) electrons. The van der Waals surface area contributed by atoms with Gasteiger partial charge in [-0.3, -0.25) is 0 Å². The minimum atomic E-state index is 0.556. The van der Waals surface area contributed by atoms with Crippen LogP contribution in [0.4, 0.5) is 0 Å². The minimum Gasteiger partial charge on any atom is -0.166 e. The summed E-state index contributed by atoms with van der Waals surface area (Å²) in [5.74, 6) is 6.56. The Labute approximate surface area is 99.7 Å². The van der Waals surface area contributed by atoms with Crippen molar-refractivity contribution in [2.75, 3.05) is 5.75 Å². The normalized spacial score (nSPS) is 9.73. The third-order valence-electron chi connectivity index (χ3n) is 2.16. The standard InChI is InChI=1S/C13H9ClS/c14-12-8-2-6-10-4-1-5-11(13(10)12)7-3-9-15/h1-2,4-6,8,15H,9H2. The molecule has 0 saturated heterocycles. The summed E-state index contributed by atoms with van der Waals surface area (Å²) in [5, 5.41) is 2.89. The van der Waals surface area contributed by atoms with Crippen molar-refractivity contribution in [3.05, 3.63) is 47.0 Å². The van der Waals surface area contributed by atoms with Crippen LogP contribution in [0, 0.1) is 11.8 Å². The molecule has 0 fully saturated rings. The van der Waals surface area contributed by atoms with Crippen LogP contribution in [0.3, 0.4) is 0 Å². The van der Waals surface area contributed by atoms with Crippen molar-refractivity contribution < 1.29 is 0 Å². The molecule has 0 aliphatic rings. The lowest BCUT2D eigenvalue weighted by atomic mass is 10.1. The zero-order chi connectivity index (χ0) is 10.7. The first-order valence-electron chi connectivity index (χ1n) is 4.60. The summed E-state index contributed by atoms with van der Waals surface area (Å²) < 4.78 is 0. The van der Waals surface area contributed by atoms with E-state index in [0.29, 0.717) is 5.75 Å². The minimum absolute atomic E-state index is 0.556. The zero-order valence-corrected chi connectivity index (χ0v) is 9.65. The molecule has 0 amide bonds. The molecule has 0 saturated carbocycles. The summed E-state index contributed by atoms with van der Waals surface area (Å²) in [6.45, 7) is 0. The van der Waals surface area contributed by atoms with Crippen molar-refractivity contribution in [2.24, 2.45) is 0 Å². The number of hydrogen-bond donors (Lipinski definition) is 1. The Morgan fingerprint density at radius 3 is 2.60 bits per heavy atom. The van der Waals surface area contributed by atoms with Crippen LogP contribution in [0.2, 0.25) is 5.02 Å².